The molecule has 0 saturated carbocycles. The van der Waals surface area contributed by atoms with Crippen LogP contribution in [0.2, 0.25) is 0 Å². The average molecular weight is 367 g/mol. The van der Waals surface area contributed by atoms with E-state index >= 15 is 0 Å². The van der Waals surface area contributed by atoms with E-state index in [2.05, 4.69) is 15.2 Å². The van der Waals surface area contributed by atoms with Crippen molar-refractivity contribution in [2.75, 3.05) is 5.32 Å². The first-order valence-corrected chi connectivity index (χ1v) is 7.86. The molecule has 130 valence electrons. The van der Waals surface area contributed by atoms with E-state index in [4.69, 9.17) is 4.42 Å². The maximum Gasteiger partial charge on any atom is 0.437 e. The topological polar surface area (TPSA) is 86.4 Å². The van der Waals surface area contributed by atoms with Gasteiger partial charge >= 0.3 is 12.4 Å². The van der Waals surface area contributed by atoms with Crippen LogP contribution in [0.15, 0.2) is 51.0 Å². The van der Waals surface area contributed by atoms with Crippen LogP contribution in [0.4, 0.5) is 14.5 Å². The molecule has 0 aliphatic rings. The van der Waals surface area contributed by atoms with E-state index < -0.39 is 24.8 Å². The first kappa shape index (κ1) is 16.8. The third kappa shape index (κ3) is 4.10. The van der Waals surface area contributed by atoms with E-state index in [-0.39, 0.29) is 17.3 Å². The molecule has 0 fully saturated rings. The number of nitrogens with one attached hydrogen (secondary N) is 1. The van der Waals surface area contributed by atoms with Crippen LogP contribution in [-0.4, -0.2) is 22.3 Å². The number of amides is 1. The molecule has 0 saturated heterocycles. The second kappa shape index (κ2) is 7.26. The molecular formula is C15H11F2N3O4S. The third-order valence-corrected chi connectivity index (χ3v) is 3.87. The van der Waals surface area contributed by atoms with Crippen molar-refractivity contribution in [3.63, 3.8) is 0 Å². The van der Waals surface area contributed by atoms with Crippen LogP contribution in [0, 0.1) is 0 Å². The van der Waals surface area contributed by atoms with Crippen molar-refractivity contribution < 1.29 is 22.7 Å². The number of thiophene rings is 1. The summed E-state index contributed by atoms with van der Waals surface area (Å²) < 4.78 is 34.9. The minimum Gasteiger partial charge on any atom is -0.433 e. The summed E-state index contributed by atoms with van der Waals surface area (Å²) in [6, 6.07) is 9.22. The van der Waals surface area contributed by atoms with Gasteiger partial charge < -0.3 is 14.5 Å². The van der Waals surface area contributed by atoms with Crippen LogP contribution in [-0.2, 0) is 11.3 Å². The van der Waals surface area contributed by atoms with Crippen molar-refractivity contribution >= 4 is 22.9 Å². The first-order valence-electron chi connectivity index (χ1n) is 6.98. The fourth-order valence-corrected chi connectivity index (χ4v) is 2.64. The maximum absolute atomic E-state index is 12.4. The van der Waals surface area contributed by atoms with Crippen LogP contribution >= 0.6 is 11.3 Å². The van der Waals surface area contributed by atoms with Gasteiger partial charge in [0.25, 0.3) is 5.89 Å². The molecule has 2 heterocycles. The Morgan fingerprint density at radius 3 is 2.84 bits per heavy atom. The number of anilines is 1. The molecule has 3 rings (SSSR count). The zero-order chi connectivity index (χ0) is 17.8. The third-order valence-electron chi connectivity index (χ3n) is 3.01. The number of para-hydroxylation sites is 2. The SMILES string of the molecule is O=C(Cn1nc(-c2cccs2)oc1=O)Nc1ccccc1OC(F)F. The standard InChI is InChI=1S/C15H11F2N3O4S/c16-14(17)23-10-5-2-1-4-9(10)18-12(21)8-20-15(22)24-13(19-20)11-6-3-7-25-11/h1-7,14H,8H2,(H,18,21). The van der Waals surface area contributed by atoms with Gasteiger partial charge in [-0.1, -0.05) is 18.2 Å². The number of hydrogen-bond acceptors (Lipinski definition) is 6. The molecule has 0 aliphatic heterocycles. The Bertz CT molecular complexity index is 921. The van der Waals surface area contributed by atoms with Crippen molar-refractivity contribution in [1.82, 2.24) is 9.78 Å². The lowest BCUT2D eigenvalue weighted by molar-refractivity contribution is -0.117. The minimum absolute atomic E-state index is 0.0582. The molecule has 10 heteroatoms. The molecule has 1 N–H and O–H groups in total. The molecule has 7 nitrogen and oxygen atoms in total. The molecule has 3 aromatic rings. The van der Waals surface area contributed by atoms with Gasteiger partial charge in [-0.3, -0.25) is 4.79 Å². The summed E-state index contributed by atoms with van der Waals surface area (Å²) >= 11 is 1.33. The summed E-state index contributed by atoms with van der Waals surface area (Å²) in [5.74, 6) is -1.51. The Balaban J connectivity index is 1.73. The Morgan fingerprint density at radius 1 is 1.32 bits per heavy atom. The van der Waals surface area contributed by atoms with Crippen LogP contribution < -0.4 is 15.8 Å². The van der Waals surface area contributed by atoms with Crippen LogP contribution in [0.5, 0.6) is 5.75 Å². The van der Waals surface area contributed by atoms with Crippen molar-refractivity contribution in [3.05, 3.63) is 52.3 Å². The monoisotopic (exact) mass is 367 g/mol. The predicted octanol–water partition coefficient (Wildman–Crippen LogP) is 2.80. The van der Waals surface area contributed by atoms with Gasteiger partial charge in [-0.15, -0.1) is 16.4 Å². The molecule has 0 atom stereocenters. The number of rotatable bonds is 6. The van der Waals surface area contributed by atoms with E-state index in [9.17, 15) is 18.4 Å². The van der Waals surface area contributed by atoms with Crippen LogP contribution in [0.1, 0.15) is 0 Å². The van der Waals surface area contributed by atoms with Crippen molar-refractivity contribution in [2.45, 2.75) is 13.2 Å². The van der Waals surface area contributed by atoms with Crippen LogP contribution in [0.25, 0.3) is 10.8 Å². The lowest BCUT2D eigenvalue weighted by Crippen LogP contribution is -2.26. The zero-order valence-corrected chi connectivity index (χ0v) is 13.3. The molecule has 0 radical (unpaired) electrons. The summed E-state index contributed by atoms with van der Waals surface area (Å²) in [4.78, 5) is 24.5. The number of hydrogen-bond donors (Lipinski definition) is 1. The van der Waals surface area contributed by atoms with Crippen molar-refractivity contribution in [1.29, 1.82) is 0 Å². The van der Waals surface area contributed by atoms with Gasteiger partial charge in [0.05, 0.1) is 10.6 Å². The van der Waals surface area contributed by atoms with Gasteiger partial charge in [0.1, 0.15) is 12.3 Å². The molecule has 0 unspecified atom stereocenters. The zero-order valence-electron chi connectivity index (χ0n) is 12.5. The Hall–Kier alpha value is -3.01. The van der Waals surface area contributed by atoms with E-state index in [1.807, 2.05) is 0 Å². The van der Waals surface area contributed by atoms with Gasteiger partial charge in [-0.2, -0.15) is 13.5 Å². The molecule has 1 aromatic carbocycles. The summed E-state index contributed by atoms with van der Waals surface area (Å²) in [6.45, 7) is -3.46. The number of aromatic nitrogens is 2. The lowest BCUT2D eigenvalue weighted by Gasteiger charge is -2.11. The molecule has 0 aliphatic carbocycles. The number of alkyl halides is 2. The van der Waals surface area contributed by atoms with Gasteiger partial charge in [-0.05, 0) is 23.6 Å². The number of halogens is 2. The summed E-state index contributed by atoms with van der Waals surface area (Å²) in [7, 11) is 0. The highest BCUT2D eigenvalue weighted by atomic mass is 32.1. The molecule has 25 heavy (non-hydrogen) atoms. The maximum atomic E-state index is 12.4. The second-order valence-electron chi connectivity index (χ2n) is 4.73. The van der Waals surface area contributed by atoms with Gasteiger partial charge in [0.2, 0.25) is 5.91 Å². The van der Waals surface area contributed by atoms with Gasteiger partial charge in [-0.25, -0.2) is 4.79 Å². The predicted molar refractivity (Wildman–Crippen MR) is 85.8 cm³/mol. The summed E-state index contributed by atoms with van der Waals surface area (Å²) in [6.07, 6.45) is 0. The summed E-state index contributed by atoms with van der Waals surface area (Å²) in [5.41, 5.74) is 0.0582. The Labute approximate surface area is 143 Å². The fraction of sp³-hybridized carbons (Fsp3) is 0.133. The van der Waals surface area contributed by atoms with E-state index in [0.29, 0.717) is 4.88 Å². The fourth-order valence-electron chi connectivity index (χ4n) is 2.00. The number of ether oxygens (including phenoxy) is 1. The van der Waals surface area contributed by atoms with Gasteiger partial charge in [0.15, 0.2) is 0 Å². The van der Waals surface area contributed by atoms with Gasteiger partial charge in [0, 0.05) is 0 Å². The molecular weight excluding hydrogens is 356 g/mol. The molecule has 0 bridgehead atoms. The highest BCUT2D eigenvalue weighted by Gasteiger charge is 2.16. The lowest BCUT2D eigenvalue weighted by atomic mass is 10.3. The first-order chi connectivity index (χ1) is 12.0. The highest BCUT2D eigenvalue weighted by Crippen LogP contribution is 2.25. The largest absolute Gasteiger partial charge is 0.437 e. The number of nitrogens with zero attached hydrogens (tertiary/aromatic N) is 2. The molecule has 2 aromatic heterocycles. The smallest absolute Gasteiger partial charge is 0.433 e. The van der Waals surface area contributed by atoms with E-state index in [1.54, 1.807) is 23.6 Å². The number of carbonyl (C=O) groups is 1. The summed E-state index contributed by atoms with van der Waals surface area (Å²) in [5, 5.41) is 8.13. The molecule has 1 amide bonds. The van der Waals surface area contributed by atoms with E-state index in [0.717, 1.165) is 4.68 Å². The number of carbonyl (C=O) groups excluding carboxylic acids is 1. The van der Waals surface area contributed by atoms with Crippen molar-refractivity contribution in [3.8, 4) is 16.5 Å². The van der Waals surface area contributed by atoms with E-state index in [1.165, 1.54) is 29.5 Å². The second-order valence-corrected chi connectivity index (χ2v) is 5.68. The highest BCUT2D eigenvalue weighted by molar-refractivity contribution is 7.13. The average Bonchev–Trinajstić information content (AvgIpc) is 3.19. The minimum atomic E-state index is -3.02. The Morgan fingerprint density at radius 2 is 2.12 bits per heavy atom. The molecule has 0 spiro atoms. The Kier molecular flexibility index (Phi) is 4.89. The normalized spacial score (nSPS) is 10.8. The quantitative estimate of drug-likeness (QED) is 0.724. The van der Waals surface area contributed by atoms with Crippen LogP contribution in [0.3, 0.4) is 0 Å². The number of benzene rings is 1. The van der Waals surface area contributed by atoms with Crippen molar-refractivity contribution in [2.24, 2.45) is 0 Å².